The van der Waals surface area contributed by atoms with Crippen molar-refractivity contribution in [3.8, 4) is 0 Å². The quantitative estimate of drug-likeness (QED) is 0.841. The summed E-state index contributed by atoms with van der Waals surface area (Å²) in [5.41, 5.74) is 0.948. The molecule has 0 radical (unpaired) electrons. The molecule has 2 aromatic heterocycles. The monoisotopic (exact) mass is 333 g/mol. The van der Waals surface area contributed by atoms with Gasteiger partial charge in [-0.1, -0.05) is 30.1 Å². The Labute approximate surface area is 132 Å². The Kier molecular flexibility index (Phi) is 5.86. The number of aromatic nitrogens is 2. The molecule has 1 unspecified atom stereocenters. The van der Waals surface area contributed by atoms with E-state index in [4.69, 9.17) is 27.9 Å². The summed E-state index contributed by atoms with van der Waals surface area (Å²) in [7, 11) is 1.67. The largest absolute Gasteiger partial charge is 0.383 e. The van der Waals surface area contributed by atoms with Crippen LogP contribution in [0.3, 0.4) is 0 Å². The molecule has 7 heteroatoms. The normalized spacial score (nSPS) is 12.8. The van der Waals surface area contributed by atoms with E-state index in [1.165, 1.54) is 0 Å². The molecule has 20 heavy (non-hydrogen) atoms. The third-order valence-electron chi connectivity index (χ3n) is 2.90. The number of ether oxygens (including phenoxy) is 1. The van der Waals surface area contributed by atoms with Gasteiger partial charge in [-0.05, 0) is 18.7 Å². The molecule has 0 bridgehead atoms. The number of nitrogens with one attached hydrogen (secondary N) is 1. The van der Waals surface area contributed by atoms with Crippen molar-refractivity contribution < 1.29 is 4.74 Å². The first-order valence-corrected chi connectivity index (χ1v) is 7.93. The van der Waals surface area contributed by atoms with Crippen LogP contribution in [-0.2, 0) is 11.3 Å². The summed E-state index contributed by atoms with van der Waals surface area (Å²) in [5, 5.41) is 8.41. The SMILES string of the molecule is CCNC(c1ccc(Cl)s1)c1c(Cl)cnn1CCOC. The predicted molar refractivity (Wildman–Crippen MR) is 84.0 cm³/mol. The van der Waals surface area contributed by atoms with Crippen LogP contribution in [0.15, 0.2) is 18.3 Å². The summed E-state index contributed by atoms with van der Waals surface area (Å²) < 4.78 is 7.76. The fraction of sp³-hybridized carbons (Fsp3) is 0.462. The lowest BCUT2D eigenvalue weighted by atomic mass is 10.1. The van der Waals surface area contributed by atoms with Gasteiger partial charge in [-0.25, -0.2) is 0 Å². The van der Waals surface area contributed by atoms with Crippen LogP contribution in [-0.4, -0.2) is 30.0 Å². The van der Waals surface area contributed by atoms with Crippen LogP contribution in [0, 0.1) is 0 Å². The zero-order valence-electron chi connectivity index (χ0n) is 11.4. The molecule has 0 aliphatic heterocycles. The number of hydrogen-bond donors (Lipinski definition) is 1. The highest BCUT2D eigenvalue weighted by molar-refractivity contribution is 7.16. The minimum absolute atomic E-state index is 0.00986. The lowest BCUT2D eigenvalue weighted by molar-refractivity contribution is 0.182. The summed E-state index contributed by atoms with van der Waals surface area (Å²) in [6.45, 7) is 4.15. The first-order chi connectivity index (χ1) is 9.67. The minimum atomic E-state index is -0.00986. The third kappa shape index (κ3) is 3.54. The lowest BCUT2D eigenvalue weighted by Crippen LogP contribution is -2.25. The molecular weight excluding hydrogens is 317 g/mol. The van der Waals surface area contributed by atoms with E-state index >= 15 is 0 Å². The fourth-order valence-electron chi connectivity index (χ4n) is 2.03. The maximum absolute atomic E-state index is 6.32. The van der Waals surface area contributed by atoms with Crippen LogP contribution >= 0.6 is 34.5 Å². The average Bonchev–Trinajstić information content (AvgIpc) is 3.01. The molecule has 0 aromatic carbocycles. The van der Waals surface area contributed by atoms with Gasteiger partial charge in [0.15, 0.2) is 0 Å². The number of halogens is 2. The zero-order chi connectivity index (χ0) is 14.5. The van der Waals surface area contributed by atoms with Crippen LogP contribution in [0.4, 0.5) is 0 Å². The van der Waals surface area contributed by atoms with E-state index in [1.54, 1.807) is 24.6 Å². The maximum atomic E-state index is 6.32. The second-order valence-electron chi connectivity index (χ2n) is 4.23. The second-order valence-corrected chi connectivity index (χ2v) is 6.38. The average molecular weight is 334 g/mol. The van der Waals surface area contributed by atoms with Gasteiger partial charge in [0.25, 0.3) is 0 Å². The van der Waals surface area contributed by atoms with Gasteiger partial charge in [0, 0.05) is 12.0 Å². The highest BCUT2D eigenvalue weighted by atomic mass is 35.5. The number of thiophene rings is 1. The van der Waals surface area contributed by atoms with E-state index in [0.29, 0.717) is 18.2 Å². The van der Waals surface area contributed by atoms with Crippen molar-refractivity contribution in [2.45, 2.75) is 19.5 Å². The van der Waals surface area contributed by atoms with Gasteiger partial charge < -0.3 is 10.1 Å². The predicted octanol–water partition coefficient (Wildman–Crippen LogP) is 3.60. The van der Waals surface area contributed by atoms with Crippen LogP contribution in [0.5, 0.6) is 0 Å². The van der Waals surface area contributed by atoms with Gasteiger partial charge in [0.2, 0.25) is 0 Å². The van der Waals surface area contributed by atoms with Crippen molar-refractivity contribution in [2.24, 2.45) is 0 Å². The molecule has 1 atom stereocenters. The molecule has 2 aromatic rings. The summed E-state index contributed by atoms with van der Waals surface area (Å²) in [6, 6.07) is 3.91. The Balaban J connectivity index is 2.35. The third-order valence-corrected chi connectivity index (χ3v) is 4.49. The maximum Gasteiger partial charge on any atom is 0.0931 e. The van der Waals surface area contributed by atoms with E-state index in [2.05, 4.69) is 17.3 Å². The Morgan fingerprint density at radius 1 is 1.45 bits per heavy atom. The Bertz CT molecular complexity index is 556. The lowest BCUT2D eigenvalue weighted by Gasteiger charge is -2.19. The van der Waals surface area contributed by atoms with Gasteiger partial charge in [0.05, 0.1) is 40.4 Å². The molecule has 4 nitrogen and oxygen atoms in total. The second kappa shape index (κ2) is 7.43. The van der Waals surface area contributed by atoms with Gasteiger partial charge >= 0.3 is 0 Å². The highest BCUT2D eigenvalue weighted by Gasteiger charge is 2.22. The minimum Gasteiger partial charge on any atom is -0.383 e. The molecule has 2 heterocycles. The number of hydrogen-bond acceptors (Lipinski definition) is 4. The van der Waals surface area contributed by atoms with Crippen LogP contribution in [0.25, 0.3) is 0 Å². The molecular formula is C13H17Cl2N3OS. The van der Waals surface area contributed by atoms with Crippen molar-refractivity contribution in [3.05, 3.63) is 38.3 Å². The van der Waals surface area contributed by atoms with Gasteiger partial charge in [0.1, 0.15) is 0 Å². The molecule has 0 amide bonds. The molecule has 0 spiro atoms. The molecule has 0 aliphatic rings. The summed E-state index contributed by atoms with van der Waals surface area (Å²) in [4.78, 5) is 1.12. The van der Waals surface area contributed by atoms with E-state index in [0.717, 1.165) is 21.5 Å². The highest BCUT2D eigenvalue weighted by Crippen LogP contribution is 2.34. The smallest absolute Gasteiger partial charge is 0.0931 e. The molecule has 0 saturated carbocycles. The summed E-state index contributed by atoms with van der Waals surface area (Å²) in [6.07, 6.45) is 1.67. The molecule has 0 aliphatic carbocycles. The van der Waals surface area contributed by atoms with Gasteiger partial charge in [-0.3, -0.25) is 4.68 Å². The molecule has 2 rings (SSSR count). The molecule has 0 fully saturated rings. The fourth-order valence-corrected chi connectivity index (χ4v) is 3.43. The van der Waals surface area contributed by atoms with Crippen LogP contribution in [0.1, 0.15) is 23.5 Å². The standard InChI is InChI=1S/C13H17Cl2N3OS/c1-3-16-12(10-4-5-11(15)20-10)13-9(14)8-17-18(13)6-7-19-2/h4-5,8,12,16H,3,6-7H2,1-2H3. The zero-order valence-corrected chi connectivity index (χ0v) is 13.7. The van der Waals surface area contributed by atoms with Crippen molar-refractivity contribution in [1.82, 2.24) is 15.1 Å². The first-order valence-electron chi connectivity index (χ1n) is 6.36. The topological polar surface area (TPSA) is 39.1 Å². The van der Waals surface area contributed by atoms with E-state index in [9.17, 15) is 0 Å². The first kappa shape index (κ1) is 15.8. The Morgan fingerprint density at radius 2 is 2.25 bits per heavy atom. The van der Waals surface area contributed by atoms with Crippen LogP contribution in [0.2, 0.25) is 9.36 Å². The molecule has 0 saturated heterocycles. The Morgan fingerprint density at radius 3 is 2.85 bits per heavy atom. The summed E-state index contributed by atoms with van der Waals surface area (Å²) >= 11 is 13.9. The van der Waals surface area contributed by atoms with Crippen molar-refractivity contribution in [1.29, 1.82) is 0 Å². The van der Waals surface area contributed by atoms with Gasteiger partial charge in [-0.2, -0.15) is 5.10 Å². The van der Waals surface area contributed by atoms with Crippen molar-refractivity contribution in [3.63, 3.8) is 0 Å². The number of methoxy groups -OCH3 is 1. The van der Waals surface area contributed by atoms with Crippen LogP contribution < -0.4 is 5.32 Å². The molecule has 1 N–H and O–H groups in total. The Hall–Kier alpha value is -0.590. The summed E-state index contributed by atoms with van der Waals surface area (Å²) in [5.74, 6) is 0. The number of rotatable bonds is 7. The van der Waals surface area contributed by atoms with E-state index < -0.39 is 0 Å². The molecule has 110 valence electrons. The van der Waals surface area contributed by atoms with Crippen molar-refractivity contribution in [2.75, 3.05) is 20.3 Å². The van der Waals surface area contributed by atoms with E-state index in [-0.39, 0.29) is 6.04 Å². The van der Waals surface area contributed by atoms with Crippen molar-refractivity contribution >= 4 is 34.5 Å². The number of nitrogens with zero attached hydrogens (tertiary/aromatic N) is 2. The van der Waals surface area contributed by atoms with E-state index in [1.807, 2.05) is 16.8 Å². The van der Waals surface area contributed by atoms with Gasteiger partial charge in [-0.15, -0.1) is 11.3 Å².